The first kappa shape index (κ1) is 16.6. The number of rotatable bonds is 4. The summed E-state index contributed by atoms with van der Waals surface area (Å²) in [4.78, 5) is 13.6. The van der Waals surface area contributed by atoms with E-state index in [1.54, 1.807) is 23.9 Å². The van der Waals surface area contributed by atoms with E-state index >= 15 is 0 Å². The van der Waals surface area contributed by atoms with E-state index in [9.17, 15) is 9.90 Å². The van der Waals surface area contributed by atoms with Gasteiger partial charge in [0, 0.05) is 19.6 Å². The number of halogens is 2. The Kier molecular flexibility index (Phi) is 5.55. The van der Waals surface area contributed by atoms with Gasteiger partial charge in [0.05, 0.1) is 23.2 Å². The highest BCUT2D eigenvalue weighted by Gasteiger charge is 2.39. The number of morpholine rings is 1. The molecule has 0 aromatic heterocycles. The fraction of sp³-hybridized carbons (Fsp3) is 0.500. The topological polar surface area (TPSA) is 49.8 Å². The van der Waals surface area contributed by atoms with Gasteiger partial charge in [-0.3, -0.25) is 4.79 Å². The monoisotopic (exact) mass is 328 g/mol. The van der Waals surface area contributed by atoms with E-state index in [0.29, 0.717) is 36.2 Å². The predicted octanol–water partition coefficient (Wildman–Crippen LogP) is 2.78. The number of nitrogens with zero attached hydrogens (tertiary/aromatic N) is 1. The minimum absolute atomic E-state index is 0.0410. The van der Waals surface area contributed by atoms with Crippen LogP contribution in [0.25, 0.3) is 0 Å². The third-order valence-corrected chi connectivity index (χ3v) is 4.44. The van der Waals surface area contributed by atoms with Gasteiger partial charge in [-0.1, -0.05) is 36.1 Å². The molecule has 1 aromatic rings. The summed E-state index contributed by atoms with van der Waals surface area (Å²) in [5.41, 5.74) is 0.0689. The van der Waals surface area contributed by atoms with Crippen LogP contribution < -0.4 is 0 Å². The Morgan fingerprint density at radius 3 is 2.86 bits per heavy atom. The second-order valence-electron chi connectivity index (χ2n) is 4.99. The van der Waals surface area contributed by atoms with Gasteiger partial charge in [0.15, 0.2) is 5.81 Å². The van der Waals surface area contributed by atoms with Crippen molar-refractivity contribution in [1.82, 2.24) is 4.90 Å². The standard InChI is InChI=1S/C14H17BCl2NO3/c1-15-13(20)18-5-7-21-14(9-18,4-6-19)10-2-3-11(16)12(17)8-10/h2-3,8,19H,4-7,9H2,1H3. The number of aliphatic hydroxyl groups is 1. The molecule has 0 saturated carbocycles. The minimum Gasteiger partial charge on any atom is -0.396 e. The van der Waals surface area contributed by atoms with Gasteiger partial charge in [-0.15, -0.1) is 0 Å². The van der Waals surface area contributed by atoms with Crippen molar-refractivity contribution < 1.29 is 14.6 Å². The first-order chi connectivity index (χ1) is 10.0. The SMILES string of the molecule is C[B]C(=O)N1CCOC(CCO)(c2ccc(Cl)c(Cl)c2)C1. The van der Waals surface area contributed by atoms with Gasteiger partial charge < -0.3 is 14.7 Å². The lowest BCUT2D eigenvalue weighted by molar-refractivity contribution is -0.112. The number of amides is 1. The summed E-state index contributed by atoms with van der Waals surface area (Å²) in [7, 11) is 1.53. The van der Waals surface area contributed by atoms with E-state index in [1.165, 1.54) is 7.28 Å². The maximum atomic E-state index is 11.9. The highest BCUT2D eigenvalue weighted by molar-refractivity contribution is 6.72. The third kappa shape index (κ3) is 3.54. The van der Waals surface area contributed by atoms with Crippen molar-refractivity contribution in [1.29, 1.82) is 0 Å². The van der Waals surface area contributed by atoms with Gasteiger partial charge in [-0.05, 0) is 17.7 Å². The molecule has 1 radical (unpaired) electrons. The summed E-state index contributed by atoms with van der Waals surface area (Å²) in [6.07, 6.45) is 0.387. The van der Waals surface area contributed by atoms with Crippen molar-refractivity contribution in [2.75, 3.05) is 26.3 Å². The third-order valence-electron chi connectivity index (χ3n) is 3.71. The van der Waals surface area contributed by atoms with Gasteiger partial charge >= 0.3 is 0 Å². The number of carbonyl (C=O) groups excluding carboxylic acids is 1. The van der Waals surface area contributed by atoms with Crippen LogP contribution in [-0.4, -0.2) is 49.4 Å². The highest BCUT2D eigenvalue weighted by atomic mass is 35.5. The van der Waals surface area contributed by atoms with Crippen LogP contribution in [0.15, 0.2) is 18.2 Å². The van der Waals surface area contributed by atoms with E-state index in [1.807, 2.05) is 6.07 Å². The molecule has 0 spiro atoms. The van der Waals surface area contributed by atoms with Gasteiger partial charge in [0.25, 0.3) is 0 Å². The zero-order chi connectivity index (χ0) is 15.5. The Morgan fingerprint density at radius 1 is 1.48 bits per heavy atom. The Hall–Kier alpha value is -0.745. The fourth-order valence-corrected chi connectivity index (χ4v) is 2.88. The van der Waals surface area contributed by atoms with Crippen molar-refractivity contribution in [3.8, 4) is 0 Å². The molecule has 0 aliphatic carbocycles. The molecule has 7 heteroatoms. The molecule has 1 heterocycles. The summed E-state index contributed by atoms with van der Waals surface area (Å²) in [6, 6.07) is 5.27. The molecule has 4 nitrogen and oxygen atoms in total. The van der Waals surface area contributed by atoms with Gasteiger partial charge in [-0.25, -0.2) is 0 Å². The number of carbonyl (C=O) groups is 1. The zero-order valence-electron chi connectivity index (χ0n) is 11.8. The Labute approximate surface area is 135 Å². The molecule has 1 unspecified atom stereocenters. The van der Waals surface area contributed by atoms with E-state index < -0.39 is 5.60 Å². The normalized spacial score (nSPS) is 22.2. The lowest BCUT2D eigenvalue weighted by Gasteiger charge is -2.43. The molecule has 1 amide bonds. The van der Waals surface area contributed by atoms with Crippen LogP contribution in [0.5, 0.6) is 0 Å². The van der Waals surface area contributed by atoms with Gasteiger partial charge in [-0.2, -0.15) is 0 Å². The summed E-state index contributed by atoms with van der Waals surface area (Å²) < 4.78 is 5.94. The number of hydrogen-bond acceptors (Lipinski definition) is 3. The second kappa shape index (κ2) is 7.01. The molecule has 1 fully saturated rings. The van der Waals surface area contributed by atoms with Crippen LogP contribution in [0.2, 0.25) is 16.9 Å². The average molecular weight is 329 g/mol. The van der Waals surface area contributed by atoms with Crippen molar-refractivity contribution in [2.45, 2.75) is 18.8 Å². The molecule has 2 rings (SSSR count). The Balaban J connectivity index is 2.35. The smallest absolute Gasteiger partial charge is 0.229 e. The molecule has 1 saturated heterocycles. The average Bonchev–Trinajstić information content (AvgIpc) is 2.49. The molecule has 21 heavy (non-hydrogen) atoms. The van der Waals surface area contributed by atoms with E-state index in [2.05, 4.69) is 0 Å². The summed E-state index contributed by atoms with van der Waals surface area (Å²) in [5, 5.41) is 10.3. The van der Waals surface area contributed by atoms with Crippen LogP contribution in [0.1, 0.15) is 12.0 Å². The van der Waals surface area contributed by atoms with Crippen molar-refractivity contribution >= 4 is 36.3 Å². The first-order valence-electron chi connectivity index (χ1n) is 6.81. The van der Waals surface area contributed by atoms with Gasteiger partial charge in [0.2, 0.25) is 7.28 Å². The molecule has 0 bridgehead atoms. The summed E-state index contributed by atoms with van der Waals surface area (Å²) >= 11 is 12.0. The quantitative estimate of drug-likeness (QED) is 0.865. The molecule has 1 aliphatic rings. The van der Waals surface area contributed by atoms with E-state index in [-0.39, 0.29) is 12.4 Å². The van der Waals surface area contributed by atoms with Crippen molar-refractivity contribution in [3.63, 3.8) is 0 Å². The molecule has 1 aliphatic heterocycles. The van der Waals surface area contributed by atoms with E-state index in [0.717, 1.165) is 5.56 Å². The second-order valence-corrected chi connectivity index (χ2v) is 5.81. The molecule has 1 atom stereocenters. The van der Waals surface area contributed by atoms with Crippen LogP contribution in [0.4, 0.5) is 4.79 Å². The van der Waals surface area contributed by atoms with Crippen molar-refractivity contribution in [2.24, 2.45) is 0 Å². The van der Waals surface area contributed by atoms with Gasteiger partial charge in [0.1, 0.15) is 5.60 Å². The molecule has 1 aromatic carbocycles. The molecule has 1 N–H and O–H groups in total. The zero-order valence-corrected chi connectivity index (χ0v) is 13.3. The number of ether oxygens (including phenoxy) is 1. The van der Waals surface area contributed by atoms with Crippen LogP contribution in [0, 0.1) is 0 Å². The lowest BCUT2D eigenvalue weighted by Crippen LogP contribution is -2.52. The maximum Gasteiger partial charge on any atom is 0.229 e. The lowest BCUT2D eigenvalue weighted by atomic mass is 9.79. The number of benzene rings is 1. The minimum atomic E-state index is -0.750. The molecule has 113 valence electrons. The van der Waals surface area contributed by atoms with Crippen molar-refractivity contribution in [3.05, 3.63) is 33.8 Å². The molecular weight excluding hydrogens is 312 g/mol. The predicted molar refractivity (Wildman–Crippen MR) is 84.4 cm³/mol. The molecular formula is C14H17BCl2NO3. The van der Waals surface area contributed by atoms with Crippen LogP contribution in [-0.2, 0) is 10.3 Å². The first-order valence-corrected chi connectivity index (χ1v) is 7.56. The van der Waals surface area contributed by atoms with Crippen LogP contribution in [0.3, 0.4) is 0 Å². The summed E-state index contributed by atoms with van der Waals surface area (Å²) in [5.74, 6) is -0.0410. The Bertz CT molecular complexity index is 525. The number of aliphatic hydroxyl groups excluding tert-OH is 1. The number of hydrogen-bond donors (Lipinski definition) is 1. The van der Waals surface area contributed by atoms with E-state index in [4.69, 9.17) is 27.9 Å². The largest absolute Gasteiger partial charge is 0.396 e. The Morgan fingerprint density at radius 2 is 2.24 bits per heavy atom. The van der Waals surface area contributed by atoms with Crippen LogP contribution >= 0.6 is 23.2 Å². The summed E-state index contributed by atoms with van der Waals surface area (Å²) in [6.45, 7) is 3.01. The maximum absolute atomic E-state index is 11.9. The highest BCUT2D eigenvalue weighted by Crippen LogP contribution is 2.36. The fourth-order valence-electron chi connectivity index (χ4n) is 2.59.